The minimum Gasteiger partial charge on any atom is -0.389 e. The standard InChI is InChI=1S/C10H10BrN5S/c1-5-8(11)6(2)16(15-5)10-7(9(12)17)3-4-13-14-10/h3-4H,1-2H3,(H2,12,17). The first-order valence-electron chi connectivity index (χ1n) is 4.86. The van der Waals surface area contributed by atoms with Crippen LogP contribution in [0.15, 0.2) is 16.7 Å². The van der Waals surface area contributed by atoms with Gasteiger partial charge < -0.3 is 5.73 Å². The lowest BCUT2D eigenvalue weighted by Gasteiger charge is -2.07. The van der Waals surface area contributed by atoms with Crippen LogP contribution in [-0.4, -0.2) is 25.0 Å². The molecule has 0 unspecified atom stereocenters. The van der Waals surface area contributed by atoms with Crippen LogP contribution in [0.5, 0.6) is 0 Å². The molecule has 2 aromatic heterocycles. The van der Waals surface area contributed by atoms with E-state index in [0.717, 1.165) is 15.9 Å². The number of thiocarbonyl (C=S) groups is 1. The van der Waals surface area contributed by atoms with Crippen molar-refractivity contribution in [2.75, 3.05) is 0 Å². The Morgan fingerprint density at radius 2 is 2.18 bits per heavy atom. The van der Waals surface area contributed by atoms with Crippen molar-refractivity contribution in [3.05, 3.63) is 33.7 Å². The summed E-state index contributed by atoms with van der Waals surface area (Å²) in [5, 5.41) is 12.3. The smallest absolute Gasteiger partial charge is 0.186 e. The molecule has 0 saturated carbocycles. The van der Waals surface area contributed by atoms with Crippen LogP contribution in [0.25, 0.3) is 5.82 Å². The largest absolute Gasteiger partial charge is 0.389 e. The minimum atomic E-state index is 0.276. The predicted octanol–water partition coefficient (Wildman–Crippen LogP) is 1.68. The van der Waals surface area contributed by atoms with Gasteiger partial charge in [-0.1, -0.05) is 12.2 Å². The Balaban J connectivity index is 2.68. The number of rotatable bonds is 2. The zero-order chi connectivity index (χ0) is 12.6. The van der Waals surface area contributed by atoms with E-state index in [-0.39, 0.29) is 4.99 Å². The summed E-state index contributed by atoms with van der Waals surface area (Å²) in [5.41, 5.74) is 8.13. The zero-order valence-electron chi connectivity index (χ0n) is 9.31. The molecule has 2 aromatic rings. The van der Waals surface area contributed by atoms with Crippen molar-refractivity contribution in [1.82, 2.24) is 20.0 Å². The first-order chi connectivity index (χ1) is 8.02. The Morgan fingerprint density at radius 1 is 1.47 bits per heavy atom. The van der Waals surface area contributed by atoms with Crippen LogP contribution < -0.4 is 5.73 Å². The maximum atomic E-state index is 5.66. The van der Waals surface area contributed by atoms with Gasteiger partial charge in [-0.15, -0.1) is 5.10 Å². The van der Waals surface area contributed by atoms with E-state index in [1.165, 1.54) is 0 Å². The summed E-state index contributed by atoms with van der Waals surface area (Å²) < 4.78 is 2.62. The predicted molar refractivity (Wildman–Crippen MR) is 72.2 cm³/mol. The third kappa shape index (κ3) is 2.07. The highest BCUT2D eigenvalue weighted by Gasteiger charge is 2.15. The molecule has 0 fully saturated rings. The van der Waals surface area contributed by atoms with Gasteiger partial charge in [0.05, 0.1) is 27.6 Å². The number of hydrogen-bond acceptors (Lipinski definition) is 4. The molecule has 2 rings (SSSR count). The number of nitrogens with two attached hydrogens (primary N) is 1. The molecule has 88 valence electrons. The Hall–Kier alpha value is -1.34. The Morgan fingerprint density at radius 3 is 2.71 bits per heavy atom. The molecule has 0 bridgehead atoms. The molecule has 0 amide bonds. The molecule has 0 saturated heterocycles. The van der Waals surface area contributed by atoms with Crippen LogP contribution in [0, 0.1) is 13.8 Å². The van der Waals surface area contributed by atoms with Crippen molar-refractivity contribution in [2.45, 2.75) is 13.8 Å². The maximum Gasteiger partial charge on any atom is 0.186 e. The van der Waals surface area contributed by atoms with Crippen LogP contribution in [0.3, 0.4) is 0 Å². The van der Waals surface area contributed by atoms with Crippen molar-refractivity contribution in [3.8, 4) is 5.82 Å². The SMILES string of the molecule is Cc1nn(-c2nnccc2C(N)=S)c(C)c1Br. The van der Waals surface area contributed by atoms with Crippen molar-refractivity contribution in [2.24, 2.45) is 5.73 Å². The first kappa shape index (κ1) is 12.1. The van der Waals surface area contributed by atoms with Crippen molar-refractivity contribution in [3.63, 3.8) is 0 Å². The lowest BCUT2D eigenvalue weighted by molar-refractivity contribution is 0.779. The number of aryl methyl sites for hydroxylation is 1. The fourth-order valence-corrected chi connectivity index (χ4v) is 1.91. The molecule has 17 heavy (non-hydrogen) atoms. The fraction of sp³-hybridized carbons (Fsp3) is 0.200. The zero-order valence-corrected chi connectivity index (χ0v) is 11.7. The summed E-state index contributed by atoms with van der Waals surface area (Å²) in [6.07, 6.45) is 1.55. The third-order valence-electron chi connectivity index (χ3n) is 2.37. The first-order valence-corrected chi connectivity index (χ1v) is 6.06. The van der Waals surface area contributed by atoms with Gasteiger partial charge in [-0.25, -0.2) is 4.68 Å². The van der Waals surface area contributed by atoms with Crippen LogP contribution in [0.2, 0.25) is 0 Å². The summed E-state index contributed by atoms with van der Waals surface area (Å²) in [4.78, 5) is 0.276. The van der Waals surface area contributed by atoms with Crippen molar-refractivity contribution >= 4 is 33.1 Å². The van der Waals surface area contributed by atoms with Crippen LogP contribution in [0.4, 0.5) is 0 Å². The minimum absolute atomic E-state index is 0.276. The Bertz CT molecular complexity index is 592. The molecule has 7 heteroatoms. The quantitative estimate of drug-likeness (QED) is 0.854. The number of nitrogens with zero attached hydrogens (tertiary/aromatic N) is 4. The van der Waals surface area contributed by atoms with Crippen LogP contribution in [0.1, 0.15) is 17.0 Å². The molecule has 0 spiro atoms. The molecule has 0 aliphatic rings. The van der Waals surface area contributed by atoms with Crippen molar-refractivity contribution < 1.29 is 0 Å². The van der Waals surface area contributed by atoms with Gasteiger partial charge in [0.1, 0.15) is 4.99 Å². The summed E-state index contributed by atoms with van der Waals surface area (Å²) in [5.74, 6) is 0.548. The molecule has 0 radical (unpaired) electrons. The normalized spacial score (nSPS) is 10.5. The van der Waals surface area contributed by atoms with Gasteiger partial charge in [0.25, 0.3) is 0 Å². The topological polar surface area (TPSA) is 69.6 Å². The average molecular weight is 312 g/mol. The van der Waals surface area contributed by atoms with E-state index in [9.17, 15) is 0 Å². The van der Waals surface area contributed by atoms with Gasteiger partial charge in [0.15, 0.2) is 5.82 Å². The summed E-state index contributed by atoms with van der Waals surface area (Å²) >= 11 is 8.45. The van der Waals surface area contributed by atoms with Crippen LogP contribution in [-0.2, 0) is 0 Å². The Kier molecular flexibility index (Phi) is 3.21. The van der Waals surface area contributed by atoms with Gasteiger partial charge in [-0.05, 0) is 35.8 Å². The van der Waals surface area contributed by atoms with E-state index in [1.807, 2.05) is 13.8 Å². The third-order valence-corrected chi connectivity index (χ3v) is 3.74. The lowest BCUT2D eigenvalue weighted by atomic mass is 10.3. The second kappa shape index (κ2) is 4.50. The fourth-order valence-electron chi connectivity index (χ4n) is 1.50. The molecule has 2 heterocycles. The molecular formula is C10H10BrN5S. The van der Waals surface area contributed by atoms with E-state index in [4.69, 9.17) is 18.0 Å². The molecule has 5 nitrogen and oxygen atoms in total. The summed E-state index contributed by atoms with van der Waals surface area (Å²) in [6.45, 7) is 3.84. The van der Waals surface area contributed by atoms with E-state index < -0.39 is 0 Å². The number of aromatic nitrogens is 4. The summed E-state index contributed by atoms with van der Waals surface area (Å²) in [7, 11) is 0. The Labute approximate surface area is 112 Å². The number of hydrogen-bond donors (Lipinski definition) is 1. The highest BCUT2D eigenvalue weighted by Crippen LogP contribution is 2.23. The molecule has 0 atom stereocenters. The summed E-state index contributed by atoms with van der Waals surface area (Å²) in [6, 6.07) is 1.73. The van der Waals surface area contributed by atoms with E-state index >= 15 is 0 Å². The van der Waals surface area contributed by atoms with Gasteiger partial charge >= 0.3 is 0 Å². The second-order valence-corrected chi connectivity index (χ2v) is 4.76. The second-order valence-electron chi connectivity index (χ2n) is 3.53. The van der Waals surface area contributed by atoms with Gasteiger partial charge in [-0.3, -0.25) is 0 Å². The highest BCUT2D eigenvalue weighted by molar-refractivity contribution is 9.10. The molecule has 0 aliphatic carbocycles. The maximum absolute atomic E-state index is 5.66. The van der Waals surface area contributed by atoms with Gasteiger partial charge in [-0.2, -0.15) is 10.2 Å². The molecule has 0 aromatic carbocycles. The average Bonchev–Trinajstić information content (AvgIpc) is 2.57. The molecule has 2 N–H and O–H groups in total. The van der Waals surface area contributed by atoms with Gasteiger partial charge in [0.2, 0.25) is 0 Å². The van der Waals surface area contributed by atoms with Gasteiger partial charge in [0, 0.05) is 0 Å². The number of halogens is 1. The van der Waals surface area contributed by atoms with E-state index in [2.05, 4.69) is 31.2 Å². The monoisotopic (exact) mass is 311 g/mol. The highest BCUT2D eigenvalue weighted by atomic mass is 79.9. The lowest BCUT2D eigenvalue weighted by Crippen LogP contribution is -2.16. The molecule has 0 aliphatic heterocycles. The van der Waals surface area contributed by atoms with Crippen LogP contribution >= 0.6 is 28.1 Å². The molecular weight excluding hydrogens is 302 g/mol. The van der Waals surface area contributed by atoms with E-state index in [1.54, 1.807) is 16.9 Å². The van der Waals surface area contributed by atoms with Crippen molar-refractivity contribution in [1.29, 1.82) is 0 Å². The van der Waals surface area contributed by atoms with E-state index in [0.29, 0.717) is 11.4 Å².